The minimum Gasteiger partial charge on any atom is -0.349 e. The Labute approximate surface area is 142 Å². The molecule has 0 aromatic heterocycles. The number of fused-ring (bicyclic) bond motifs is 1. The summed E-state index contributed by atoms with van der Waals surface area (Å²) in [7, 11) is 1.80. The van der Waals surface area contributed by atoms with E-state index in [-0.39, 0.29) is 36.9 Å². The Morgan fingerprint density at radius 2 is 1.96 bits per heavy atom. The second kappa shape index (κ2) is 7.44. The Balaban J connectivity index is 2.10. The molecule has 3 N–H and O–H groups in total. The Kier molecular flexibility index (Phi) is 5.56. The van der Waals surface area contributed by atoms with Gasteiger partial charge in [0, 0.05) is 6.04 Å². The van der Waals surface area contributed by atoms with Crippen LogP contribution in [0.15, 0.2) is 24.3 Å². The number of carbonyl (C=O) groups is 3. The zero-order valence-corrected chi connectivity index (χ0v) is 14.6. The predicted octanol–water partition coefficient (Wildman–Crippen LogP) is -0.600. The van der Waals surface area contributed by atoms with Crippen molar-refractivity contribution in [2.45, 2.75) is 32.9 Å². The summed E-state index contributed by atoms with van der Waals surface area (Å²) in [5, 5.41) is 5.58. The second-order valence-corrected chi connectivity index (χ2v) is 6.46. The topological polar surface area (TPSA) is 83.0 Å². The van der Waals surface area contributed by atoms with Crippen molar-refractivity contribution in [2.75, 3.05) is 30.4 Å². The van der Waals surface area contributed by atoms with E-state index in [1.165, 1.54) is 4.90 Å². The molecule has 1 aliphatic heterocycles. The summed E-state index contributed by atoms with van der Waals surface area (Å²) in [6.07, 6.45) is 0. The summed E-state index contributed by atoms with van der Waals surface area (Å²) in [4.78, 5) is 38.9. The summed E-state index contributed by atoms with van der Waals surface area (Å²) in [6.45, 7) is 5.75. The van der Waals surface area contributed by atoms with Crippen LogP contribution in [0.2, 0.25) is 0 Å². The van der Waals surface area contributed by atoms with Gasteiger partial charge in [-0.2, -0.15) is 0 Å². The van der Waals surface area contributed by atoms with E-state index in [4.69, 9.17) is 0 Å². The highest BCUT2D eigenvalue weighted by molar-refractivity contribution is 6.10. The molecule has 0 saturated carbocycles. The van der Waals surface area contributed by atoms with Gasteiger partial charge in [-0.05, 0) is 32.9 Å². The zero-order chi connectivity index (χ0) is 17.9. The maximum atomic E-state index is 12.8. The third-order valence-corrected chi connectivity index (χ3v) is 4.04. The Morgan fingerprint density at radius 1 is 1.29 bits per heavy atom. The molecule has 1 aliphatic rings. The van der Waals surface area contributed by atoms with Gasteiger partial charge in [0.05, 0.1) is 18.4 Å². The molecule has 24 heavy (non-hydrogen) atoms. The SMILES string of the molecule is CC(C)NC(=O)C[NH+](C)[C@@H](C)C(=O)N1CC(=O)Nc2ccccc21. The molecule has 1 unspecified atom stereocenters. The van der Waals surface area contributed by atoms with Crippen molar-refractivity contribution in [1.82, 2.24) is 5.32 Å². The molecular formula is C17H25N4O3+. The van der Waals surface area contributed by atoms with Crippen LogP contribution in [0.1, 0.15) is 20.8 Å². The third kappa shape index (κ3) is 4.11. The van der Waals surface area contributed by atoms with E-state index in [1.54, 1.807) is 26.1 Å². The lowest BCUT2D eigenvalue weighted by atomic mass is 10.1. The number of nitrogens with one attached hydrogen (secondary N) is 3. The molecule has 130 valence electrons. The van der Waals surface area contributed by atoms with Gasteiger partial charge < -0.3 is 15.5 Å². The number of nitrogens with zero attached hydrogens (tertiary/aromatic N) is 1. The lowest BCUT2D eigenvalue weighted by Gasteiger charge is -2.32. The summed E-state index contributed by atoms with van der Waals surface area (Å²) in [5.74, 6) is -0.490. The number of amides is 3. The van der Waals surface area contributed by atoms with Gasteiger partial charge in [-0.3, -0.25) is 19.3 Å². The van der Waals surface area contributed by atoms with Crippen molar-refractivity contribution in [3.63, 3.8) is 0 Å². The van der Waals surface area contributed by atoms with E-state index in [9.17, 15) is 14.4 Å². The van der Waals surface area contributed by atoms with E-state index in [0.717, 1.165) is 4.90 Å². The van der Waals surface area contributed by atoms with E-state index in [2.05, 4.69) is 10.6 Å². The Hall–Kier alpha value is -2.41. The number of rotatable bonds is 5. The molecule has 0 spiro atoms. The molecule has 0 bridgehead atoms. The largest absolute Gasteiger partial charge is 0.349 e. The quantitative estimate of drug-likeness (QED) is 0.673. The van der Waals surface area contributed by atoms with Crippen LogP contribution in [0.3, 0.4) is 0 Å². The van der Waals surface area contributed by atoms with Crippen molar-refractivity contribution in [3.05, 3.63) is 24.3 Å². The molecule has 0 saturated heterocycles. The highest BCUT2D eigenvalue weighted by atomic mass is 16.2. The number of anilines is 2. The molecule has 1 aromatic rings. The van der Waals surface area contributed by atoms with Crippen LogP contribution in [-0.2, 0) is 14.4 Å². The molecule has 0 radical (unpaired) electrons. The molecule has 3 amide bonds. The van der Waals surface area contributed by atoms with Gasteiger partial charge in [-0.25, -0.2) is 0 Å². The fourth-order valence-electron chi connectivity index (χ4n) is 2.65. The van der Waals surface area contributed by atoms with Crippen LogP contribution in [0.5, 0.6) is 0 Å². The average Bonchev–Trinajstić information content (AvgIpc) is 2.51. The first kappa shape index (κ1) is 17.9. The molecule has 1 aromatic carbocycles. The first-order valence-electron chi connectivity index (χ1n) is 8.11. The summed E-state index contributed by atoms with van der Waals surface area (Å²) in [5.41, 5.74) is 1.32. The van der Waals surface area contributed by atoms with Crippen LogP contribution in [0.4, 0.5) is 11.4 Å². The Morgan fingerprint density at radius 3 is 2.62 bits per heavy atom. The number of carbonyl (C=O) groups excluding carboxylic acids is 3. The lowest BCUT2D eigenvalue weighted by Crippen LogP contribution is -3.15. The average molecular weight is 333 g/mol. The lowest BCUT2D eigenvalue weighted by molar-refractivity contribution is -0.885. The van der Waals surface area contributed by atoms with Gasteiger partial charge in [0.2, 0.25) is 5.91 Å². The highest BCUT2D eigenvalue weighted by Gasteiger charge is 2.33. The number of benzene rings is 1. The second-order valence-electron chi connectivity index (χ2n) is 6.46. The molecule has 7 heteroatoms. The molecule has 7 nitrogen and oxygen atoms in total. The molecular weight excluding hydrogens is 308 g/mol. The number of hydrogen-bond donors (Lipinski definition) is 3. The predicted molar refractivity (Wildman–Crippen MR) is 91.9 cm³/mol. The van der Waals surface area contributed by atoms with Gasteiger partial charge in [0.25, 0.3) is 11.8 Å². The van der Waals surface area contributed by atoms with Crippen molar-refractivity contribution in [3.8, 4) is 0 Å². The van der Waals surface area contributed by atoms with Crippen molar-refractivity contribution < 1.29 is 19.3 Å². The van der Waals surface area contributed by atoms with Gasteiger partial charge in [0.1, 0.15) is 6.54 Å². The van der Waals surface area contributed by atoms with Gasteiger partial charge in [-0.15, -0.1) is 0 Å². The first-order chi connectivity index (χ1) is 11.3. The minimum absolute atomic E-state index is 0.00828. The molecule has 2 atom stereocenters. The van der Waals surface area contributed by atoms with Crippen molar-refractivity contribution in [2.24, 2.45) is 0 Å². The zero-order valence-electron chi connectivity index (χ0n) is 14.6. The molecule has 1 heterocycles. The van der Waals surface area contributed by atoms with Gasteiger partial charge >= 0.3 is 0 Å². The van der Waals surface area contributed by atoms with Crippen LogP contribution in [0, 0.1) is 0 Å². The van der Waals surface area contributed by atoms with Crippen LogP contribution >= 0.6 is 0 Å². The van der Waals surface area contributed by atoms with Crippen molar-refractivity contribution >= 4 is 29.1 Å². The minimum atomic E-state index is -0.443. The number of likely N-dealkylation sites (N-methyl/N-ethyl adjacent to an activating group) is 1. The first-order valence-corrected chi connectivity index (χ1v) is 8.11. The molecule has 0 aliphatic carbocycles. The standard InChI is InChI=1S/C17H24N4O3/c1-11(2)18-15(22)9-20(4)12(3)17(24)21-10-16(23)19-13-7-5-6-8-14(13)21/h5-8,11-12H,9-10H2,1-4H3,(H,18,22)(H,19,23)/p+1/t12-/m0/s1. The van der Waals surface area contributed by atoms with Gasteiger partial charge in [-0.1, -0.05) is 12.1 Å². The maximum absolute atomic E-state index is 12.8. The number of hydrogen-bond acceptors (Lipinski definition) is 3. The third-order valence-electron chi connectivity index (χ3n) is 4.04. The van der Waals surface area contributed by atoms with E-state index < -0.39 is 6.04 Å². The van der Waals surface area contributed by atoms with Crippen LogP contribution in [0.25, 0.3) is 0 Å². The summed E-state index contributed by atoms with van der Waals surface area (Å²) < 4.78 is 0. The van der Waals surface area contributed by atoms with E-state index in [1.807, 2.05) is 26.0 Å². The summed E-state index contributed by atoms with van der Waals surface area (Å²) >= 11 is 0. The molecule has 0 fully saturated rings. The smallest absolute Gasteiger partial charge is 0.285 e. The van der Waals surface area contributed by atoms with Crippen LogP contribution < -0.4 is 20.4 Å². The van der Waals surface area contributed by atoms with E-state index >= 15 is 0 Å². The number of para-hydroxylation sites is 2. The van der Waals surface area contributed by atoms with E-state index in [0.29, 0.717) is 11.4 Å². The molecule has 2 rings (SSSR count). The highest BCUT2D eigenvalue weighted by Crippen LogP contribution is 2.28. The van der Waals surface area contributed by atoms with Crippen LogP contribution in [-0.4, -0.2) is 49.9 Å². The fourth-order valence-corrected chi connectivity index (χ4v) is 2.65. The summed E-state index contributed by atoms with van der Waals surface area (Å²) in [6, 6.07) is 6.83. The normalized spacial score (nSPS) is 16.2. The van der Waals surface area contributed by atoms with Gasteiger partial charge in [0.15, 0.2) is 12.6 Å². The maximum Gasteiger partial charge on any atom is 0.285 e. The Bertz CT molecular complexity index is 644. The fraction of sp³-hybridized carbons (Fsp3) is 0.471. The number of quaternary nitrogens is 1. The van der Waals surface area contributed by atoms with Crippen molar-refractivity contribution in [1.29, 1.82) is 0 Å². The monoisotopic (exact) mass is 333 g/mol.